The summed E-state index contributed by atoms with van der Waals surface area (Å²) in [6.45, 7) is 6.21. The second-order valence-electron chi connectivity index (χ2n) is 8.64. The molecule has 35 heavy (non-hydrogen) atoms. The van der Waals surface area contributed by atoms with Gasteiger partial charge in [-0.05, 0) is 32.9 Å². The number of carboxylic acids is 1. The first-order chi connectivity index (χ1) is 16.4. The Bertz CT molecular complexity index is 1060. The van der Waals surface area contributed by atoms with Gasteiger partial charge >= 0.3 is 12.1 Å². The molecule has 2 heterocycles. The fourth-order valence-corrected chi connectivity index (χ4v) is 2.94. The van der Waals surface area contributed by atoms with Gasteiger partial charge in [0.15, 0.2) is 11.0 Å². The van der Waals surface area contributed by atoms with Gasteiger partial charge in [-0.25, -0.2) is 19.2 Å². The van der Waals surface area contributed by atoms with Crippen LogP contribution in [0.1, 0.15) is 39.8 Å². The third-order valence-electron chi connectivity index (χ3n) is 4.50. The van der Waals surface area contributed by atoms with Crippen LogP contribution in [0, 0.1) is 11.7 Å². The Kier molecular flexibility index (Phi) is 9.69. The zero-order valence-electron chi connectivity index (χ0n) is 19.8. The SMILES string of the molecule is C[C@@H](CN(CCC(=O)Nc1c(Cl)ncnc1NCc1ncccc1F)C(=O)OC(C)(C)C)C(=O)O. The second kappa shape index (κ2) is 12.2. The van der Waals surface area contributed by atoms with Crippen molar-refractivity contribution in [3.05, 3.63) is 41.3 Å². The van der Waals surface area contributed by atoms with Gasteiger partial charge in [0, 0.05) is 25.7 Å². The van der Waals surface area contributed by atoms with Crippen molar-refractivity contribution in [1.29, 1.82) is 0 Å². The molecule has 2 amide bonds. The number of amides is 2. The lowest BCUT2D eigenvalue weighted by atomic mass is 10.1. The van der Waals surface area contributed by atoms with Crippen LogP contribution in [0.5, 0.6) is 0 Å². The monoisotopic (exact) mass is 510 g/mol. The fraction of sp³-hybridized carbons (Fsp3) is 0.455. The molecule has 0 aliphatic heterocycles. The Morgan fingerprint density at radius 1 is 1.26 bits per heavy atom. The van der Waals surface area contributed by atoms with E-state index < -0.39 is 35.3 Å². The summed E-state index contributed by atoms with van der Waals surface area (Å²) in [5, 5.41) is 14.6. The topological polar surface area (TPSA) is 147 Å². The van der Waals surface area contributed by atoms with Gasteiger partial charge in [0.2, 0.25) is 5.91 Å². The minimum Gasteiger partial charge on any atom is -0.481 e. The number of nitrogens with one attached hydrogen (secondary N) is 2. The number of carbonyl (C=O) groups is 3. The molecule has 190 valence electrons. The number of nitrogens with zero attached hydrogens (tertiary/aromatic N) is 4. The zero-order chi connectivity index (χ0) is 26.2. The Balaban J connectivity index is 2.08. The Hall–Kier alpha value is -3.54. The molecule has 0 bridgehead atoms. The van der Waals surface area contributed by atoms with Crippen molar-refractivity contribution in [2.24, 2.45) is 5.92 Å². The zero-order valence-corrected chi connectivity index (χ0v) is 20.6. The molecular formula is C22H28ClFN6O5. The number of hydrogen-bond donors (Lipinski definition) is 3. The highest BCUT2D eigenvalue weighted by molar-refractivity contribution is 6.33. The molecule has 0 spiro atoms. The molecule has 13 heteroatoms. The highest BCUT2D eigenvalue weighted by Crippen LogP contribution is 2.27. The number of carboxylic acid groups (broad SMARTS) is 1. The molecule has 0 unspecified atom stereocenters. The summed E-state index contributed by atoms with van der Waals surface area (Å²) in [4.78, 5) is 49.4. The fourth-order valence-electron chi connectivity index (χ4n) is 2.76. The predicted molar refractivity (Wildman–Crippen MR) is 126 cm³/mol. The lowest BCUT2D eigenvalue weighted by Gasteiger charge is -2.28. The van der Waals surface area contributed by atoms with Crippen LogP contribution in [-0.4, -0.2) is 61.6 Å². The summed E-state index contributed by atoms with van der Waals surface area (Å²) < 4.78 is 19.2. The van der Waals surface area contributed by atoms with Crippen molar-refractivity contribution >= 4 is 41.1 Å². The molecule has 2 aromatic rings. The van der Waals surface area contributed by atoms with Crippen LogP contribution < -0.4 is 10.6 Å². The summed E-state index contributed by atoms with van der Waals surface area (Å²) in [6.07, 6.45) is 1.69. The van der Waals surface area contributed by atoms with Crippen LogP contribution in [0.3, 0.4) is 0 Å². The predicted octanol–water partition coefficient (Wildman–Crippen LogP) is 3.56. The number of hydrogen-bond acceptors (Lipinski definition) is 8. The van der Waals surface area contributed by atoms with Crippen molar-refractivity contribution < 1.29 is 28.6 Å². The number of aromatic nitrogens is 3. The Morgan fingerprint density at radius 2 is 1.97 bits per heavy atom. The van der Waals surface area contributed by atoms with Crippen molar-refractivity contribution in [3.8, 4) is 0 Å². The molecule has 0 saturated carbocycles. The summed E-state index contributed by atoms with van der Waals surface area (Å²) in [7, 11) is 0. The normalized spacial score (nSPS) is 11.9. The van der Waals surface area contributed by atoms with Crippen LogP contribution in [-0.2, 0) is 20.9 Å². The number of ether oxygens (including phenoxy) is 1. The number of rotatable bonds is 10. The lowest BCUT2D eigenvalue weighted by Crippen LogP contribution is -2.42. The number of anilines is 2. The standard InChI is InChI=1S/C22H28ClFN6O5/c1-13(20(32)33)11-30(21(34)35-22(2,3)4)9-7-16(31)29-17-18(23)27-12-28-19(17)26-10-15-14(24)6-5-8-25-15/h5-6,8,12-13H,7,9-11H2,1-4H3,(H,29,31)(H,32,33)(H,26,27,28)/t13-/m0/s1. The van der Waals surface area contributed by atoms with Gasteiger partial charge in [-0.2, -0.15) is 0 Å². The molecule has 0 aromatic carbocycles. The minimum absolute atomic E-state index is 0.0254. The van der Waals surface area contributed by atoms with Gasteiger partial charge in [-0.3, -0.25) is 14.6 Å². The van der Waals surface area contributed by atoms with Crippen LogP contribution in [0.25, 0.3) is 0 Å². The van der Waals surface area contributed by atoms with Crippen LogP contribution in [0.2, 0.25) is 5.15 Å². The molecule has 0 fully saturated rings. The van der Waals surface area contributed by atoms with E-state index in [9.17, 15) is 23.9 Å². The van der Waals surface area contributed by atoms with Crippen molar-refractivity contribution in [1.82, 2.24) is 19.9 Å². The molecule has 0 saturated heterocycles. The number of carbonyl (C=O) groups excluding carboxylic acids is 2. The Labute approximate surface area is 207 Å². The van der Waals surface area contributed by atoms with Gasteiger partial charge in [0.05, 0.1) is 18.2 Å². The van der Waals surface area contributed by atoms with E-state index in [2.05, 4.69) is 25.6 Å². The van der Waals surface area contributed by atoms with E-state index in [1.165, 1.54) is 31.6 Å². The van der Waals surface area contributed by atoms with Crippen LogP contribution in [0.15, 0.2) is 24.7 Å². The summed E-state index contributed by atoms with van der Waals surface area (Å²) >= 11 is 6.13. The summed E-state index contributed by atoms with van der Waals surface area (Å²) in [5.41, 5.74) is -0.592. The Morgan fingerprint density at radius 3 is 2.60 bits per heavy atom. The smallest absolute Gasteiger partial charge is 0.410 e. The first-order valence-corrected chi connectivity index (χ1v) is 11.1. The molecule has 11 nitrogen and oxygen atoms in total. The van der Waals surface area contributed by atoms with Crippen molar-refractivity contribution in [2.75, 3.05) is 23.7 Å². The molecule has 0 radical (unpaired) electrons. The average Bonchev–Trinajstić information content (AvgIpc) is 2.76. The van der Waals surface area contributed by atoms with Gasteiger partial charge < -0.3 is 25.4 Å². The third-order valence-corrected chi connectivity index (χ3v) is 4.79. The van der Waals surface area contributed by atoms with E-state index >= 15 is 0 Å². The third kappa shape index (κ3) is 8.96. The average molecular weight is 511 g/mol. The number of halogens is 2. The van der Waals surface area contributed by atoms with Gasteiger partial charge in [0.1, 0.15) is 23.4 Å². The summed E-state index contributed by atoms with van der Waals surface area (Å²) in [5.74, 6) is -2.86. The van der Waals surface area contributed by atoms with Crippen molar-refractivity contribution in [2.45, 2.75) is 46.3 Å². The maximum Gasteiger partial charge on any atom is 0.410 e. The van der Waals surface area contributed by atoms with E-state index in [0.29, 0.717) is 0 Å². The molecule has 0 aliphatic carbocycles. The van der Waals surface area contributed by atoms with Crippen molar-refractivity contribution in [3.63, 3.8) is 0 Å². The number of pyridine rings is 1. The first kappa shape index (κ1) is 27.7. The van der Waals surface area contributed by atoms with E-state index in [-0.39, 0.29) is 48.4 Å². The number of aliphatic carboxylic acids is 1. The molecule has 0 aliphatic rings. The largest absolute Gasteiger partial charge is 0.481 e. The maximum atomic E-state index is 13.9. The molecule has 1 atom stereocenters. The molecular weight excluding hydrogens is 483 g/mol. The first-order valence-electron chi connectivity index (χ1n) is 10.7. The highest BCUT2D eigenvalue weighted by atomic mass is 35.5. The molecule has 2 rings (SSSR count). The highest BCUT2D eigenvalue weighted by Gasteiger charge is 2.26. The van der Waals surface area contributed by atoms with Crippen LogP contribution >= 0.6 is 11.6 Å². The second-order valence-corrected chi connectivity index (χ2v) is 9.00. The maximum absolute atomic E-state index is 13.9. The van der Waals surface area contributed by atoms with Gasteiger partial charge in [0.25, 0.3) is 0 Å². The quantitative estimate of drug-likeness (QED) is 0.408. The molecule has 3 N–H and O–H groups in total. The summed E-state index contributed by atoms with van der Waals surface area (Å²) in [6, 6.07) is 2.73. The van der Waals surface area contributed by atoms with Crippen LogP contribution in [0.4, 0.5) is 20.7 Å². The van der Waals surface area contributed by atoms with E-state index in [4.69, 9.17) is 16.3 Å². The van der Waals surface area contributed by atoms with E-state index in [1.54, 1.807) is 20.8 Å². The van der Waals surface area contributed by atoms with Gasteiger partial charge in [-0.1, -0.05) is 18.5 Å². The lowest BCUT2D eigenvalue weighted by molar-refractivity contribution is -0.141. The van der Waals surface area contributed by atoms with Gasteiger partial charge in [-0.15, -0.1) is 0 Å². The van der Waals surface area contributed by atoms with E-state index in [1.807, 2.05) is 0 Å². The minimum atomic E-state index is -1.09. The van der Waals surface area contributed by atoms with E-state index in [0.717, 1.165) is 4.90 Å². The molecule has 2 aromatic heterocycles.